The fraction of sp³-hybridized carbons (Fsp3) is 0.896. The molecule has 0 amide bonds. The number of hydrogen-bond acceptors (Lipinski definition) is 6. The first-order valence-corrected chi connectivity index (χ1v) is 23.7. The minimum absolute atomic E-state index is 0.0692. The molecule has 0 rings (SSSR count). The Balaban J connectivity index is 4.20. The summed E-state index contributed by atoms with van der Waals surface area (Å²) in [6.45, 7) is 6.56. The quantitative estimate of drug-likeness (QED) is 0.0266. The topological polar surface area (TPSA) is 78.9 Å². The van der Waals surface area contributed by atoms with Crippen molar-refractivity contribution in [2.75, 3.05) is 13.2 Å². The van der Waals surface area contributed by atoms with E-state index in [0.29, 0.717) is 19.3 Å². The van der Waals surface area contributed by atoms with Crippen LogP contribution in [0.5, 0.6) is 0 Å². The van der Waals surface area contributed by atoms with Gasteiger partial charge in [-0.25, -0.2) is 0 Å². The second kappa shape index (κ2) is 43.9. The van der Waals surface area contributed by atoms with Crippen molar-refractivity contribution in [1.82, 2.24) is 0 Å². The molecule has 1 unspecified atom stereocenters. The summed E-state index contributed by atoms with van der Waals surface area (Å²) in [7, 11) is 0. The van der Waals surface area contributed by atoms with Gasteiger partial charge in [0, 0.05) is 19.3 Å². The van der Waals surface area contributed by atoms with Crippen molar-refractivity contribution in [3.63, 3.8) is 0 Å². The van der Waals surface area contributed by atoms with Crippen LogP contribution in [0.4, 0.5) is 0 Å². The molecule has 54 heavy (non-hydrogen) atoms. The summed E-state index contributed by atoms with van der Waals surface area (Å²) in [5, 5.41) is 0. The SMILES string of the molecule is CCC/C=C\CCCCCCCC(=O)OC(COC(=O)CCCCCCCCCC)COC(=O)CCCCCCCCCCCCCCCCCCCC. The van der Waals surface area contributed by atoms with E-state index in [4.69, 9.17) is 14.2 Å². The van der Waals surface area contributed by atoms with Crippen LogP contribution >= 0.6 is 0 Å². The van der Waals surface area contributed by atoms with Gasteiger partial charge in [-0.2, -0.15) is 0 Å². The molecule has 0 bridgehead atoms. The van der Waals surface area contributed by atoms with Crippen molar-refractivity contribution >= 4 is 17.9 Å². The molecule has 6 nitrogen and oxygen atoms in total. The molecule has 0 saturated heterocycles. The minimum Gasteiger partial charge on any atom is -0.462 e. The average Bonchev–Trinajstić information content (AvgIpc) is 3.17. The van der Waals surface area contributed by atoms with Crippen LogP contribution in [0.3, 0.4) is 0 Å². The number of carbonyl (C=O) groups is 3. The van der Waals surface area contributed by atoms with Gasteiger partial charge in [-0.15, -0.1) is 0 Å². The molecule has 0 aliphatic rings. The zero-order valence-electron chi connectivity index (χ0n) is 36.3. The predicted octanol–water partition coefficient (Wildman–Crippen LogP) is 15.0. The van der Waals surface area contributed by atoms with E-state index in [1.807, 2.05) is 0 Å². The van der Waals surface area contributed by atoms with E-state index < -0.39 is 6.10 Å². The first kappa shape index (κ1) is 52.2. The van der Waals surface area contributed by atoms with Crippen molar-refractivity contribution in [2.24, 2.45) is 0 Å². The fourth-order valence-electron chi connectivity index (χ4n) is 6.92. The molecule has 0 spiro atoms. The molecular weight excluding hydrogens is 673 g/mol. The number of rotatable bonds is 43. The van der Waals surface area contributed by atoms with Gasteiger partial charge in [0.05, 0.1) is 0 Å². The van der Waals surface area contributed by atoms with Gasteiger partial charge in [-0.1, -0.05) is 213 Å². The molecule has 1 atom stereocenters. The molecule has 0 aromatic rings. The first-order valence-electron chi connectivity index (χ1n) is 23.7. The minimum atomic E-state index is -0.765. The Morgan fingerprint density at radius 1 is 0.352 bits per heavy atom. The lowest BCUT2D eigenvalue weighted by molar-refractivity contribution is -0.167. The number of esters is 3. The number of carbonyl (C=O) groups excluding carboxylic acids is 3. The van der Waals surface area contributed by atoms with Crippen molar-refractivity contribution in [1.29, 1.82) is 0 Å². The van der Waals surface area contributed by atoms with E-state index >= 15 is 0 Å². The highest BCUT2D eigenvalue weighted by Gasteiger charge is 2.19. The van der Waals surface area contributed by atoms with Crippen LogP contribution in [0.15, 0.2) is 12.2 Å². The van der Waals surface area contributed by atoms with Gasteiger partial charge in [-0.05, 0) is 38.5 Å². The number of unbranched alkanes of at least 4 members (excludes halogenated alkanes) is 30. The van der Waals surface area contributed by atoms with Gasteiger partial charge in [0.1, 0.15) is 13.2 Å². The van der Waals surface area contributed by atoms with E-state index in [1.54, 1.807) is 0 Å². The van der Waals surface area contributed by atoms with E-state index in [2.05, 4.69) is 32.9 Å². The monoisotopic (exact) mass is 763 g/mol. The van der Waals surface area contributed by atoms with Crippen molar-refractivity contribution in [3.05, 3.63) is 12.2 Å². The summed E-state index contributed by atoms with van der Waals surface area (Å²) in [6.07, 6.45) is 46.4. The molecule has 6 heteroatoms. The van der Waals surface area contributed by atoms with Crippen LogP contribution in [-0.4, -0.2) is 37.2 Å². The Hall–Kier alpha value is -1.85. The maximum atomic E-state index is 12.7. The van der Waals surface area contributed by atoms with Crippen LogP contribution < -0.4 is 0 Å². The van der Waals surface area contributed by atoms with Crippen LogP contribution in [0, 0.1) is 0 Å². The summed E-state index contributed by atoms with van der Waals surface area (Å²) in [5.41, 5.74) is 0. The lowest BCUT2D eigenvalue weighted by Crippen LogP contribution is -2.30. The third-order valence-electron chi connectivity index (χ3n) is 10.5. The highest BCUT2D eigenvalue weighted by molar-refractivity contribution is 5.71. The first-order chi connectivity index (χ1) is 26.5. The second-order valence-corrected chi connectivity index (χ2v) is 16.0. The number of allylic oxidation sites excluding steroid dienone is 2. The fourth-order valence-corrected chi connectivity index (χ4v) is 6.92. The van der Waals surface area contributed by atoms with Crippen LogP contribution in [0.2, 0.25) is 0 Å². The molecule has 0 aromatic carbocycles. The Kier molecular flexibility index (Phi) is 42.4. The van der Waals surface area contributed by atoms with Gasteiger partial charge in [0.15, 0.2) is 6.10 Å². The molecule has 0 N–H and O–H groups in total. The Labute approximate surface area is 335 Å². The van der Waals surface area contributed by atoms with E-state index in [9.17, 15) is 14.4 Å². The van der Waals surface area contributed by atoms with Gasteiger partial charge >= 0.3 is 17.9 Å². The number of hydrogen-bond donors (Lipinski definition) is 0. The summed E-state index contributed by atoms with van der Waals surface area (Å²) in [4.78, 5) is 37.6. The zero-order chi connectivity index (χ0) is 39.4. The smallest absolute Gasteiger partial charge is 0.306 e. The van der Waals surface area contributed by atoms with Crippen molar-refractivity contribution in [2.45, 2.75) is 264 Å². The molecular formula is C48H90O6. The Morgan fingerprint density at radius 3 is 1.00 bits per heavy atom. The third kappa shape index (κ3) is 41.3. The maximum absolute atomic E-state index is 12.7. The molecule has 0 heterocycles. The highest BCUT2D eigenvalue weighted by atomic mass is 16.6. The number of ether oxygens (including phenoxy) is 3. The third-order valence-corrected chi connectivity index (χ3v) is 10.5. The van der Waals surface area contributed by atoms with Crippen molar-refractivity contribution in [3.8, 4) is 0 Å². The van der Waals surface area contributed by atoms with Crippen LogP contribution in [0.1, 0.15) is 258 Å². The van der Waals surface area contributed by atoms with E-state index in [-0.39, 0.29) is 31.1 Å². The largest absolute Gasteiger partial charge is 0.462 e. The molecule has 0 aliphatic carbocycles. The van der Waals surface area contributed by atoms with E-state index in [1.165, 1.54) is 148 Å². The molecule has 0 aromatic heterocycles. The van der Waals surface area contributed by atoms with Crippen molar-refractivity contribution < 1.29 is 28.6 Å². The summed E-state index contributed by atoms with van der Waals surface area (Å²) < 4.78 is 16.7. The van der Waals surface area contributed by atoms with Gasteiger partial charge in [0.25, 0.3) is 0 Å². The lowest BCUT2D eigenvalue weighted by atomic mass is 10.0. The summed E-state index contributed by atoms with van der Waals surface area (Å²) in [6, 6.07) is 0. The Morgan fingerprint density at radius 2 is 0.648 bits per heavy atom. The van der Waals surface area contributed by atoms with E-state index in [0.717, 1.165) is 70.6 Å². The summed E-state index contributed by atoms with van der Waals surface area (Å²) >= 11 is 0. The molecule has 0 fully saturated rings. The molecule has 0 aliphatic heterocycles. The normalized spacial score (nSPS) is 12.0. The Bertz CT molecular complexity index is 839. The van der Waals surface area contributed by atoms with Gasteiger partial charge in [-0.3, -0.25) is 14.4 Å². The maximum Gasteiger partial charge on any atom is 0.306 e. The average molecular weight is 763 g/mol. The van der Waals surface area contributed by atoms with Gasteiger partial charge < -0.3 is 14.2 Å². The zero-order valence-corrected chi connectivity index (χ0v) is 36.3. The van der Waals surface area contributed by atoms with Gasteiger partial charge in [0.2, 0.25) is 0 Å². The van der Waals surface area contributed by atoms with Crippen LogP contribution in [0.25, 0.3) is 0 Å². The molecule has 0 radical (unpaired) electrons. The molecule has 318 valence electrons. The highest BCUT2D eigenvalue weighted by Crippen LogP contribution is 2.16. The molecule has 0 saturated carbocycles. The standard InChI is InChI=1S/C48H90O6/c1-4-7-10-13-16-19-21-22-23-24-25-26-27-28-30-32-35-38-41-47(50)53-44-45(43-52-46(49)40-37-34-31-18-15-12-9-6-3)54-48(51)42-39-36-33-29-20-17-14-11-8-5-2/h11,14,45H,4-10,12-13,15-44H2,1-3H3/b14-11-. The predicted molar refractivity (Wildman–Crippen MR) is 229 cm³/mol. The second-order valence-electron chi connectivity index (χ2n) is 16.0. The lowest BCUT2D eigenvalue weighted by Gasteiger charge is -2.18. The summed E-state index contributed by atoms with van der Waals surface area (Å²) in [5.74, 6) is -0.875. The van der Waals surface area contributed by atoms with Crippen LogP contribution in [-0.2, 0) is 28.6 Å².